The van der Waals surface area contributed by atoms with Crippen molar-refractivity contribution in [2.24, 2.45) is 0 Å². The number of aromatic amines is 1. The Balaban J connectivity index is 2.70. The first-order chi connectivity index (χ1) is 6.25. The van der Waals surface area contributed by atoms with Gasteiger partial charge in [0, 0.05) is 5.56 Å². The van der Waals surface area contributed by atoms with Gasteiger partial charge in [-0.3, -0.25) is 4.79 Å². The van der Waals surface area contributed by atoms with Crippen molar-refractivity contribution in [1.29, 1.82) is 0 Å². The molecule has 13 heavy (non-hydrogen) atoms. The minimum absolute atomic E-state index is 0.163. The maximum atomic E-state index is 11.2. The first-order valence-corrected chi connectivity index (χ1v) is 4.85. The molecule has 4 heteroatoms. The van der Waals surface area contributed by atoms with Crippen LogP contribution < -0.4 is 5.56 Å². The van der Waals surface area contributed by atoms with E-state index in [4.69, 9.17) is 11.6 Å². The van der Waals surface area contributed by atoms with Gasteiger partial charge in [-0.2, -0.15) is 5.10 Å². The monoisotopic (exact) mass is 200 g/mol. The zero-order valence-corrected chi connectivity index (χ0v) is 8.40. The predicted octanol–water partition coefficient (Wildman–Crippen LogP) is 2.16. The molecule has 1 rings (SSSR count). The van der Waals surface area contributed by atoms with Crippen LogP contribution in [0.5, 0.6) is 0 Å². The summed E-state index contributed by atoms with van der Waals surface area (Å²) in [4.78, 5) is 11.2. The van der Waals surface area contributed by atoms with Crippen LogP contribution in [-0.2, 0) is 6.42 Å². The maximum Gasteiger partial charge on any atom is 0.268 e. The van der Waals surface area contributed by atoms with E-state index in [1.54, 1.807) is 0 Å². The molecule has 1 heterocycles. The van der Waals surface area contributed by atoms with Crippen molar-refractivity contribution < 1.29 is 0 Å². The minimum Gasteiger partial charge on any atom is -0.268 e. The van der Waals surface area contributed by atoms with Gasteiger partial charge in [0.2, 0.25) is 0 Å². The van der Waals surface area contributed by atoms with Crippen molar-refractivity contribution in [3.8, 4) is 0 Å². The van der Waals surface area contributed by atoms with Crippen LogP contribution in [0.15, 0.2) is 11.0 Å². The standard InChI is InChI=1S/C9H13ClN2O/c1-2-3-4-5-7-8(10)6-11-12-9(7)13/h6H,2-5H2,1H3,(H,12,13). The molecule has 1 aromatic rings. The van der Waals surface area contributed by atoms with Crippen molar-refractivity contribution in [2.75, 3.05) is 0 Å². The van der Waals surface area contributed by atoms with Crippen LogP contribution in [0.2, 0.25) is 5.02 Å². The van der Waals surface area contributed by atoms with Gasteiger partial charge in [-0.25, -0.2) is 5.10 Å². The molecule has 0 atom stereocenters. The summed E-state index contributed by atoms with van der Waals surface area (Å²) in [6, 6.07) is 0. The molecule has 0 amide bonds. The average molecular weight is 201 g/mol. The fourth-order valence-electron chi connectivity index (χ4n) is 1.19. The number of hydrogen-bond donors (Lipinski definition) is 1. The average Bonchev–Trinajstić information content (AvgIpc) is 2.10. The van der Waals surface area contributed by atoms with Gasteiger partial charge in [0.1, 0.15) is 0 Å². The topological polar surface area (TPSA) is 45.8 Å². The van der Waals surface area contributed by atoms with E-state index in [9.17, 15) is 4.79 Å². The fraction of sp³-hybridized carbons (Fsp3) is 0.556. The van der Waals surface area contributed by atoms with Crippen LogP contribution in [-0.4, -0.2) is 10.2 Å². The number of nitrogens with one attached hydrogen (secondary N) is 1. The second kappa shape index (κ2) is 5.02. The van der Waals surface area contributed by atoms with E-state index >= 15 is 0 Å². The van der Waals surface area contributed by atoms with Gasteiger partial charge in [0.05, 0.1) is 11.2 Å². The molecule has 0 aliphatic carbocycles. The second-order valence-electron chi connectivity index (χ2n) is 2.98. The molecule has 0 unspecified atom stereocenters. The molecule has 0 aromatic carbocycles. The van der Waals surface area contributed by atoms with Crippen LogP contribution in [0.3, 0.4) is 0 Å². The number of aromatic nitrogens is 2. The van der Waals surface area contributed by atoms with Crippen molar-refractivity contribution in [1.82, 2.24) is 10.2 Å². The zero-order chi connectivity index (χ0) is 9.68. The summed E-state index contributed by atoms with van der Waals surface area (Å²) < 4.78 is 0. The third kappa shape index (κ3) is 2.84. The smallest absolute Gasteiger partial charge is 0.268 e. The highest BCUT2D eigenvalue weighted by molar-refractivity contribution is 6.31. The molecule has 1 aromatic heterocycles. The fourth-order valence-corrected chi connectivity index (χ4v) is 1.42. The Kier molecular flexibility index (Phi) is 3.96. The number of unbranched alkanes of at least 4 members (excludes halogenated alkanes) is 2. The first-order valence-electron chi connectivity index (χ1n) is 4.47. The van der Waals surface area contributed by atoms with Crippen LogP contribution in [0, 0.1) is 0 Å². The molecule has 0 spiro atoms. The second-order valence-corrected chi connectivity index (χ2v) is 3.39. The Morgan fingerprint density at radius 2 is 2.31 bits per heavy atom. The number of rotatable bonds is 4. The quantitative estimate of drug-likeness (QED) is 0.758. The Morgan fingerprint density at radius 1 is 1.54 bits per heavy atom. The lowest BCUT2D eigenvalue weighted by Crippen LogP contribution is -2.14. The van der Waals surface area contributed by atoms with Gasteiger partial charge in [-0.15, -0.1) is 0 Å². The van der Waals surface area contributed by atoms with Gasteiger partial charge < -0.3 is 0 Å². The molecule has 0 bridgehead atoms. The van der Waals surface area contributed by atoms with E-state index in [0.29, 0.717) is 10.6 Å². The zero-order valence-electron chi connectivity index (χ0n) is 7.64. The molecule has 3 nitrogen and oxygen atoms in total. The van der Waals surface area contributed by atoms with Crippen LogP contribution >= 0.6 is 11.6 Å². The molecule has 0 aliphatic heterocycles. The molecular formula is C9H13ClN2O. The molecule has 1 N–H and O–H groups in total. The Hall–Kier alpha value is -0.830. The van der Waals surface area contributed by atoms with Crippen LogP contribution in [0.4, 0.5) is 0 Å². The van der Waals surface area contributed by atoms with Crippen LogP contribution in [0.25, 0.3) is 0 Å². The van der Waals surface area contributed by atoms with E-state index in [1.807, 2.05) is 0 Å². The van der Waals surface area contributed by atoms with E-state index in [0.717, 1.165) is 25.7 Å². The highest BCUT2D eigenvalue weighted by Gasteiger charge is 2.04. The van der Waals surface area contributed by atoms with Crippen LogP contribution in [0.1, 0.15) is 31.7 Å². The normalized spacial score (nSPS) is 10.3. The third-order valence-corrected chi connectivity index (χ3v) is 2.26. The molecule has 0 fully saturated rings. The van der Waals surface area contributed by atoms with Crippen molar-refractivity contribution >= 4 is 11.6 Å². The van der Waals surface area contributed by atoms with Gasteiger partial charge in [-0.1, -0.05) is 31.4 Å². The van der Waals surface area contributed by atoms with Gasteiger partial charge in [-0.05, 0) is 12.8 Å². The highest BCUT2D eigenvalue weighted by atomic mass is 35.5. The molecule has 72 valence electrons. The predicted molar refractivity (Wildman–Crippen MR) is 53.1 cm³/mol. The molecule has 0 saturated carbocycles. The Labute approximate surface area is 82.1 Å². The maximum absolute atomic E-state index is 11.2. The van der Waals surface area contributed by atoms with Gasteiger partial charge in [0.15, 0.2) is 0 Å². The Bertz CT molecular complexity index is 322. The summed E-state index contributed by atoms with van der Waals surface area (Å²) in [5, 5.41) is 6.45. The van der Waals surface area contributed by atoms with E-state index < -0.39 is 0 Å². The lowest BCUT2D eigenvalue weighted by molar-refractivity contribution is 0.710. The summed E-state index contributed by atoms with van der Waals surface area (Å²) >= 11 is 5.83. The number of hydrogen-bond acceptors (Lipinski definition) is 2. The van der Waals surface area contributed by atoms with Gasteiger partial charge >= 0.3 is 0 Å². The molecule has 0 saturated heterocycles. The summed E-state index contributed by atoms with van der Waals surface area (Å²) in [7, 11) is 0. The summed E-state index contributed by atoms with van der Waals surface area (Å²) in [6.45, 7) is 2.12. The van der Waals surface area contributed by atoms with Crippen molar-refractivity contribution in [2.45, 2.75) is 32.6 Å². The molecular weight excluding hydrogens is 188 g/mol. The van der Waals surface area contributed by atoms with E-state index in [2.05, 4.69) is 17.1 Å². The van der Waals surface area contributed by atoms with Crippen molar-refractivity contribution in [3.05, 3.63) is 27.1 Å². The largest absolute Gasteiger partial charge is 0.268 e. The summed E-state index contributed by atoms with van der Waals surface area (Å²) in [6.07, 6.45) is 5.48. The Morgan fingerprint density at radius 3 is 2.92 bits per heavy atom. The van der Waals surface area contributed by atoms with Gasteiger partial charge in [0.25, 0.3) is 5.56 Å². The third-order valence-electron chi connectivity index (χ3n) is 1.94. The minimum atomic E-state index is -0.163. The lowest BCUT2D eigenvalue weighted by Gasteiger charge is -2.00. The first kappa shape index (κ1) is 10.3. The lowest BCUT2D eigenvalue weighted by atomic mass is 10.1. The summed E-state index contributed by atoms with van der Waals surface area (Å²) in [5.74, 6) is 0. The molecule has 0 aliphatic rings. The number of H-pyrrole nitrogens is 1. The van der Waals surface area contributed by atoms with E-state index in [-0.39, 0.29) is 5.56 Å². The van der Waals surface area contributed by atoms with E-state index in [1.165, 1.54) is 6.20 Å². The number of halogens is 1. The molecule has 0 radical (unpaired) electrons. The van der Waals surface area contributed by atoms with Crippen molar-refractivity contribution in [3.63, 3.8) is 0 Å². The number of nitrogens with zero attached hydrogens (tertiary/aromatic N) is 1. The summed E-state index contributed by atoms with van der Waals surface area (Å²) in [5.41, 5.74) is 0.494. The SMILES string of the molecule is CCCCCc1c(Cl)cn[nH]c1=O. The highest BCUT2D eigenvalue weighted by Crippen LogP contribution is 2.11.